The zero-order chi connectivity index (χ0) is 15.8. The minimum absolute atomic E-state index is 0.0104. The fourth-order valence-corrected chi connectivity index (χ4v) is 5.34. The van der Waals surface area contributed by atoms with Crippen LogP contribution in [0.5, 0.6) is 0 Å². The molecule has 2 aliphatic carbocycles. The molecule has 124 valence electrons. The number of aryl methyl sites for hydroxylation is 1. The molecule has 0 aliphatic heterocycles. The molecule has 2 saturated carbocycles. The number of nitrogens with zero attached hydrogens (tertiary/aromatic N) is 2. The monoisotopic (exact) mass is 327 g/mol. The van der Waals surface area contributed by atoms with Gasteiger partial charge in [0.25, 0.3) is 0 Å². The first-order chi connectivity index (χ1) is 10.5. The van der Waals surface area contributed by atoms with E-state index in [1.54, 1.807) is 7.05 Å². The Morgan fingerprint density at radius 2 is 2.14 bits per heavy atom. The van der Waals surface area contributed by atoms with Gasteiger partial charge in [-0.2, -0.15) is 5.10 Å². The molecule has 1 aromatic heterocycles. The van der Waals surface area contributed by atoms with Gasteiger partial charge in [0.05, 0.1) is 12.3 Å². The Balaban J connectivity index is 1.77. The molecule has 2 fully saturated rings. The largest absolute Gasteiger partial charge is 0.378 e. The van der Waals surface area contributed by atoms with E-state index in [0.717, 1.165) is 32.1 Å². The van der Waals surface area contributed by atoms with Gasteiger partial charge in [0.1, 0.15) is 4.90 Å². The average molecular weight is 327 g/mol. The lowest BCUT2D eigenvalue weighted by Gasteiger charge is -2.57. The lowest BCUT2D eigenvalue weighted by Crippen LogP contribution is -2.65. The summed E-state index contributed by atoms with van der Waals surface area (Å²) in [7, 11) is -1.78. The Kier molecular flexibility index (Phi) is 4.31. The molecule has 0 saturated heterocycles. The number of ether oxygens (including phenoxy) is 1. The molecule has 1 heterocycles. The van der Waals surface area contributed by atoms with Crippen LogP contribution in [-0.4, -0.2) is 37.0 Å². The highest BCUT2D eigenvalue weighted by Crippen LogP contribution is 2.53. The third-order valence-corrected chi connectivity index (χ3v) is 6.65. The topological polar surface area (TPSA) is 73.2 Å². The van der Waals surface area contributed by atoms with Crippen molar-refractivity contribution in [3.05, 3.63) is 12.4 Å². The second-order valence-corrected chi connectivity index (χ2v) is 8.21. The van der Waals surface area contributed by atoms with E-state index < -0.39 is 10.0 Å². The Bertz CT molecular complexity index is 620. The van der Waals surface area contributed by atoms with Crippen molar-refractivity contribution >= 4 is 10.0 Å². The van der Waals surface area contributed by atoms with Gasteiger partial charge < -0.3 is 4.74 Å². The van der Waals surface area contributed by atoms with Gasteiger partial charge in [0, 0.05) is 31.3 Å². The molecule has 1 aromatic rings. The highest BCUT2D eigenvalue weighted by atomic mass is 32.2. The predicted octanol–water partition coefficient (Wildman–Crippen LogP) is 1.83. The SMILES string of the molecule is CCO[C@@H]1C[C@H](NS(=O)(=O)c2cnn(C)c2)C12CCCCC2. The molecule has 0 unspecified atom stereocenters. The maximum absolute atomic E-state index is 12.5. The lowest BCUT2D eigenvalue weighted by atomic mass is 9.55. The summed E-state index contributed by atoms with van der Waals surface area (Å²) in [6, 6.07) is -0.0189. The van der Waals surface area contributed by atoms with Crippen molar-refractivity contribution in [2.45, 2.75) is 62.5 Å². The first-order valence-corrected chi connectivity index (χ1v) is 9.59. The number of sulfonamides is 1. The number of nitrogens with one attached hydrogen (secondary N) is 1. The number of hydrogen-bond donors (Lipinski definition) is 1. The fraction of sp³-hybridized carbons (Fsp3) is 0.800. The summed E-state index contributed by atoms with van der Waals surface area (Å²) in [4.78, 5) is 0.237. The molecule has 3 rings (SSSR count). The zero-order valence-electron chi connectivity index (χ0n) is 13.3. The Morgan fingerprint density at radius 1 is 1.41 bits per heavy atom. The van der Waals surface area contributed by atoms with Crippen LogP contribution < -0.4 is 4.72 Å². The summed E-state index contributed by atoms with van der Waals surface area (Å²) in [5.74, 6) is 0. The quantitative estimate of drug-likeness (QED) is 0.895. The molecule has 22 heavy (non-hydrogen) atoms. The minimum Gasteiger partial charge on any atom is -0.378 e. The first-order valence-electron chi connectivity index (χ1n) is 8.10. The standard InChI is InChI=1S/C15H25N3O3S/c1-3-21-14-9-13(15(14)7-5-4-6-8-15)17-22(19,20)12-10-16-18(2)11-12/h10-11,13-14,17H,3-9H2,1-2H3/t13-,14+/m0/s1. The Hall–Kier alpha value is -0.920. The highest BCUT2D eigenvalue weighted by Gasteiger charge is 2.56. The first kappa shape index (κ1) is 16.0. The zero-order valence-corrected chi connectivity index (χ0v) is 14.1. The molecule has 0 aromatic carbocycles. The van der Waals surface area contributed by atoms with Crippen molar-refractivity contribution in [1.82, 2.24) is 14.5 Å². The van der Waals surface area contributed by atoms with Crippen LogP contribution in [0.25, 0.3) is 0 Å². The van der Waals surface area contributed by atoms with Gasteiger partial charge in [-0.1, -0.05) is 19.3 Å². The third kappa shape index (κ3) is 2.70. The van der Waals surface area contributed by atoms with Gasteiger partial charge in [0.15, 0.2) is 0 Å². The summed E-state index contributed by atoms with van der Waals surface area (Å²) in [5, 5.41) is 3.96. The lowest BCUT2D eigenvalue weighted by molar-refractivity contribution is -0.144. The smallest absolute Gasteiger partial charge is 0.243 e. The van der Waals surface area contributed by atoms with Gasteiger partial charge in [-0.3, -0.25) is 4.68 Å². The summed E-state index contributed by atoms with van der Waals surface area (Å²) < 4.78 is 35.4. The highest BCUT2D eigenvalue weighted by molar-refractivity contribution is 7.89. The van der Waals surface area contributed by atoms with Crippen LogP contribution in [0, 0.1) is 5.41 Å². The van der Waals surface area contributed by atoms with Crippen molar-refractivity contribution in [1.29, 1.82) is 0 Å². The van der Waals surface area contributed by atoms with Crippen molar-refractivity contribution in [3.8, 4) is 0 Å². The van der Waals surface area contributed by atoms with Crippen molar-refractivity contribution in [3.63, 3.8) is 0 Å². The summed E-state index contributed by atoms with van der Waals surface area (Å²) in [6.45, 7) is 2.69. The van der Waals surface area contributed by atoms with E-state index in [1.807, 2.05) is 6.92 Å². The molecular formula is C15H25N3O3S. The molecule has 0 amide bonds. The van der Waals surface area contributed by atoms with Crippen molar-refractivity contribution in [2.24, 2.45) is 12.5 Å². The Labute approximate surface area is 132 Å². The predicted molar refractivity (Wildman–Crippen MR) is 82.9 cm³/mol. The van der Waals surface area contributed by atoms with Crippen LogP contribution in [0.1, 0.15) is 45.4 Å². The van der Waals surface area contributed by atoms with Gasteiger partial charge in [0.2, 0.25) is 10.0 Å². The molecule has 1 N–H and O–H groups in total. The van der Waals surface area contributed by atoms with Crippen LogP contribution >= 0.6 is 0 Å². The number of rotatable bonds is 5. The molecule has 0 radical (unpaired) electrons. The molecule has 0 bridgehead atoms. The van der Waals surface area contributed by atoms with E-state index in [-0.39, 0.29) is 22.5 Å². The van der Waals surface area contributed by atoms with E-state index in [2.05, 4.69) is 9.82 Å². The summed E-state index contributed by atoms with van der Waals surface area (Å²) >= 11 is 0. The van der Waals surface area contributed by atoms with Crippen LogP contribution in [-0.2, 0) is 21.8 Å². The molecule has 6 nitrogen and oxygen atoms in total. The maximum Gasteiger partial charge on any atom is 0.243 e. The van der Waals surface area contributed by atoms with Crippen LogP contribution in [0.2, 0.25) is 0 Å². The van der Waals surface area contributed by atoms with Gasteiger partial charge in [-0.05, 0) is 26.2 Å². The second kappa shape index (κ2) is 5.94. The van der Waals surface area contributed by atoms with Gasteiger partial charge >= 0.3 is 0 Å². The van der Waals surface area contributed by atoms with E-state index in [1.165, 1.54) is 23.5 Å². The molecule has 2 atom stereocenters. The molecule has 1 spiro atoms. The number of aromatic nitrogens is 2. The Morgan fingerprint density at radius 3 is 2.73 bits per heavy atom. The van der Waals surface area contributed by atoms with Gasteiger partial charge in [-0.25, -0.2) is 13.1 Å². The minimum atomic E-state index is -3.50. The normalized spacial score (nSPS) is 27.7. The maximum atomic E-state index is 12.5. The molecular weight excluding hydrogens is 302 g/mol. The van der Waals surface area contributed by atoms with Gasteiger partial charge in [-0.15, -0.1) is 0 Å². The molecule has 7 heteroatoms. The van der Waals surface area contributed by atoms with Crippen LogP contribution in [0.3, 0.4) is 0 Å². The van der Waals surface area contributed by atoms with Crippen LogP contribution in [0.15, 0.2) is 17.3 Å². The average Bonchev–Trinajstić information content (AvgIpc) is 2.94. The van der Waals surface area contributed by atoms with Crippen molar-refractivity contribution < 1.29 is 13.2 Å². The summed E-state index contributed by atoms with van der Waals surface area (Å²) in [6.07, 6.45) is 9.57. The van der Waals surface area contributed by atoms with E-state index in [0.29, 0.717) is 6.61 Å². The van der Waals surface area contributed by atoms with E-state index >= 15 is 0 Å². The van der Waals surface area contributed by atoms with Crippen molar-refractivity contribution in [2.75, 3.05) is 6.61 Å². The van der Waals surface area contributed by atoms with E-state index in [9.17, 15) is 8.42 Å². The van der Waals surface area contributed by atoms with E-state index in [4.69, 9.17) is 4.74 Å². The van der Waals surface area contributed by atoms with Crippen LogP contribution in [0.4, 0.5) is 0 Å². The second-order valence-electron chi connectivity index (χ2n) is 6.50. The molecule has 2 aliphatic rings. The third-order valence-electron chi connectivity index (χ3n) is 5.23. The fourth-order valence-electron chi connectivity index (χ4n) is 4.02. The summed E-state index contributed by atoms with van der Waals surface area (Å²) in [5.41, 5.74) is -0.0104. The number of hydrogen-bond acceptors (Lipinski definition) is 4.